The molecule has 158 valence electrons. The molecule has 0 saturated heterocycles. The molecular weight excluding hydrogens is 430 g/mol. The molecule has 1 amide bonds. The number of para-hydroxylation sites is 3. The summed E-state index contributed by atoms with van der Waals surface area (Å²) in [6.45, 7) is 1.97. The predicted molar refractivity (Wildman–Crippen MR) is 123 cm³/mol. The molecule has 2 heterocycles. The van der Waals surface area contributed by atoms with Crippen LogP contribution in [0.15, 0.2) is 65.4 Å². The molecule has 0 bridgehead atoms. The molecule has 0 saturated carbocycles. The maximum absolute atomic E-state index is 12.4. The lowest BCUT2D eigenvalue weighted by molar-refractivity contribution is -0.115. The number of ether oxygens (including phenoxy) is 1. The van der Waals surface area contributed by atoms with E-state index in [4.69, 9.17) is 4.74 Å². The van der Waals surface area contributed by atoms with Gasteiger partial charge < -0.3 is 10.1 Å². The van der Waals surface area contributed by atoms with Gasteiger partial charge in [-0.15, -0.1) is 21.5 Å². The second-order valence-electron chi connectivity index (χ2n) is 6.72. The number of thiazole rings is 1. The maximum atomic E-state index is 12.4. The highest BCUT2D eigenvalue weighted by atomic mass is 32.2. The Labute approximate surface area is 188 Å². The molecule has 0 aliphatic rings. The van der Waals surface area contributed by atoms with E-state index in [0.717, 1.165) is 38.5 Å². The first kappa shape index (κ1) is 21.1. The number of nitrogens with zero attached hydrogens (tertiary/aromatic N) is 4. The number of rotatable bonds is 8. The highest BCUT2D eigenvalue weighted by molar-refractivity contribution is 7.98. The molecule has 0 radical (unpaired) electrons. The number of benzene rings is 2. The first-order valence-corrected chi connectivity index (χ1v) is 11.5. The summed E-state index contributed by atoms with van der Waals surface area (Å²) < 4.78 is 7.34. The van der Waals surface area contributed by atoms with E-state index in [-0.39, 0.29) is 12.3 Å². The van der Waals surface area contributed by atoms with Crippen molar-refractivity contribution in [3.8, 4) is 11.4 Å². The third-order valence-electron chi connectivity index (χ3n) is 4.54. The van der Waals surface area contributed by atoms with Crippen LogP contribution in [0.3, 0.4) is 0 Å². The molecule has 0 unspecified atom stereocenters. The van der Waals surface area contributed by atoms with E-state index in [9.17, 15) is 4.79 Å². The van der Waals surface area contributed by atoms with Crippen molar-refractivity contribution in [3.05, 3.63) is 76.5 Å². The zero-order valence-corrected chi connectivity index (χ0v) is 18.7. The van der Waals surface area contributed by atoms with E-state index in [0.29, 0.717) is 5.75 Å². The van der Waals surface area contributed by atoms with Crippen LogP contribution < -0.4 is 10.1 Å². The van der Waals surface area contributed by atoms with Gasteiger partial charge in [-0.3, -0.25) is 9.36 Å². The molecule has 1 N–H and O–H groups in total. The van der Waals surface area contributed by atoms with Crippen molar-refractivity contribution < 1.29 is 9.53 Å². The van der Waals surface area contributed by atoms with E-state index in [1.807, 2.05) is 65.4 Å². The van der Waals surface area contributed by atoms with Gasteiger partial charge in [0, 0.05) is 16.8 Å². The molecule has 4 rings (SSSR count). The van der Waals surface area contributed by atoms with E-state index in [2.05, 4.69) is 20.5 Å². The van der Waals surface area contributed by atoms with Gasteiger partial charge in [-0.2, -0.15) is 0 Å². The zero-order valence-electron chi connectivity index (χ0n) is 17.1. The number of carbonyl (C=O) groups excluding carboxylic acids is 1. The maximum Gasteiger partial charge on any atom is 0.231 e. The Bertz CT molecular complexity index is 1190. The van der Waals surface area contributed by atoms with Gasteiger partial charge in [-0.05, 0) is 30.7 Å². The van der Waals surface area contributed by atoms with Crippen LogP contribution in [0.5, 0.6) is 5.75 Å². The largest absolute Gasteiger partial charge is 0.495 e. The van der Waals surface area contributed by atoms with Gasteiger partial charge in [-0.1, -0.05) is 42.1 Å². The molecule has 0 atom stereocenters. The van der Waals surface area contributed by atoms with Gasteiger partial charge in [0.15, 0.2) is 5.16 Å². The van der Waals surface area contributed by atoms with Crippen molar-refractivity contribution in [1.82, 2.24) is 19.7 Å². The van der Waals surface area contributed by atoms with Gasteiger partial charge in [-0.25, -0.2) is 4.98 Å². The number of methoxy groups -OCH3 is 1. The quantitative estimate of drug-likeness (QED) is 0.397. The third-order valence-corrected chi connectivity index (χ3v) is 6.41. The Kier molecular flexibility index (Phi) is 6.63. The Morgan fingerprint density at radius 2 is 2.00 bits per heavy atom. The summed E-state index contributed by atoms with van der Waals surface area (Å²) in [7, 11) is 1.64. The summed E-state index contributed by atoms with van der Waals surface area (Å²) in [6, 6.07) is 15.5. The minimum Gasteiger partial charge on any atom is -0.495 e. The van der Waals surface area contributed by atoms with Crippen LogP contribution >= 0.6 is 23.1 Å². The number of thioether (sulfide) groups is 1. The molecule has 0 aliphatic heterocycles. The van der Waals surface area contributed by atoms with Gasteiger partial charge >= 0.3 is 0 Å². The Balaban J connectivity index is 1.38. The van der Waals surface area contributed by atoms with Crippen LogP contribution in [0.2, 0.25) is 0 Å². The fraction of sp³-hybridized carbons (Fsp3) is 0.182. The van der Waals surface area contributed by atoms with Crippen LogP contribution in [-0.4, -0.2) is 32.8 Å². The SMILES string of the molecule is COc1ccccc1-n1cnnc1SCc1csc(CC(=O)Nc2ccccc2C)n1. The molecule has 9 heteroatoms. The minimum atomic E-state index is -0.0706. The molecule has 4 aromatic rings. The number of anilines is 1. The summed E-state index contributed by atoms with van der Waals surface area (Å²) in [5.74, 6) is 1.31. The van der Waals surface area contributed by atoms with Gasteiger partial charge in [0.25, 0.3) is 0 Å². The lowest BCUT2D eigenvalue weighted by Crippen LogP contribution is -2.15. The second-order valence-corrected chi connectivity index (χ2v) is 8.60. The van der Waals surface area contributed by atoms with Crippen LogP contribution in [-0.2, 0) is 17.0 Å². The average molecular weight is 452 g/mol. The Morgan fingerprint density at radius 3 is 2.84 bits per heavy atom. The first-order valence-electron chi connectivity index (χ1n) is 9.59. The third kappa shape index (κ3) is 5.12. The lowest BCUT2D eigenvalue weighted by Gasteiger charge is -2.10. The van der Waals surface area contributed by atoms with Crippen molar-refractivity contribution in [3.63, 3.8) is 0 Å². The van der Waals surface area contributed by atoms with Crippen LogP contribution in [0, 0.1) is 6.92 Å². The van der Waals surface area contributed by atoms with Crippen molar-refractivity contribution in [2.45, 2.75) is 24.3 Å². The minimum absolute atomic E-state index is 0.0706. The predicted octanol–water partition coefficient (Wildman–Crippen LogP) is 4.51. The Hall–Kier alpha value is -3.17. The molecule has 7 nitrogen and oxygen atoms in total. The number of hydrogen-bond acceptors (Lipinski definition) is 7. The van der Waals surface area contributed by atoms with E-state index < -0.39 is 0 Å². The standard InChI is InChI=1S/C22H21N5O2S2/c1-15-7-3-4-8-17(15)25-20(28)11-21-24-16(12-30-21)13-31-22-26-23-14-27(22)18-9-5-6-10-19(18)29-2/h3-10,12,14H,11,13H2,1-2H3,(H,25,28). The number of nitrogens with one attached hydrogen (secondary N) is 1. The highest BCUT2D eigenvalue weighted by Gasteiger charge is 2.13. The van der Waals surface area contributed by atoms with Crippen molar-refractivity contribution in [2.24, 2.45) is 0 Å². The van der Waals surface area contributed by atoms with E-state index >= 15 is 0 Å². The number of aromatic nitrogens is 4. The molecule has 0 fully saturated rings. The smallest absolute Gasteiger partial charge is 0.231 e. The molecule has 2 aromatic carbocycles. The van der Waals surface area contributed by atoms with Gasteiger partial charge in [0.05, 0.1) is 24.9 Å². The topological polar surface area (TPSA) is 81.9 Å². The second kappa shape index (κ2) is 9.76. The van der Waals surface area contributed by atoms with E-state index in [1.54, 1.807) is 13.4 Å². The van der Waals surface area contributed by atoms with Crippen molar-refractivity contribution >= 4 is 34.7 Å². The van der Waals surface area contributed by atoms with Crippen molar-refractivity contribution in [1.29, 1.82) is 0 Å². The Morgan fingerprint density at radius 1 is 1.19 bits per heavy atom. The van der Waals surface area contributed by atoms with Gasteiger partial charge in [0.2, 0.25) is 5.91 Å². The van der Waals surface area contributed by atoms with Crippen LogP contribution in [0.25, 0.3) is 5.69 Å². The molecular formula is C22H21N5O2S2. The molecule has 31 heavy (non-hydrogen) atoms. The normalized spacial score (nSPS) is 10.8. The average Bonchev–Trinajstić information content (AvgIpc) is 3.43. The van der Waals surface area contributed by atoms with Gasteiger partial charge in [0.1, 0.15) is 17.1 Å². The number of amides is 1. The summed E-state index contributed by atoms with van der Waals surface area (Å²) in [4.78, 5) is 17.0. The molecule has 0 spiro atoms. The number of hydrogen-bond donors (Lipinski definition) is 1. The molecule has 2 aromatic heterocycles. The summed E-state index contributed by atoms with van der Waals surface area (Å²) >= 11 is 3.02. The highest BCUT2D eigenvalue weighted by Crippen LogP contribution is 2.28. The van der Waals surface area contributed by atoms with Crippen LogP contribution in [0.4, 0.5) is 5.69 Å². The van der Waals surface area contributed by atoms with E-state index in [1.165, 1.54) is 23.1 Å². The number of aryl methyl sites for hydroxylation is 1. The fourth-order valence-corrected chi connectivity index (χ4v) is 4.71. The summed E-state index contributed by atoms with van der Waals surface area (Å²) in [5, 5.41) is 14.7. The monoisotopic (exact) mass is 451 g/mol. The first-order chi connectivity index (χ1) is 15.1. The molecule has 0 aliphatic carbocycles. The lowest BCUT2D eigenvalue weighted by atomic mass is 10.2. The fourth-order valence-electron chi connectivity index (χ4n) is 3.00. The van der Waals surface area contributed by atoms with Crippen LogP contribution in [0.1, 0.15) is 16.3 Å². The summed E-state index contributed by atoms with van der Waals surface area (Å²) in [6.07, 6.45) is 1.92. The zero-order chi connectivity index (χ0) is 21.6. The summed E-state index contributed by atoms with van der Waals surface area (Å²) in [5.41, 5.74) is 3.65. The van der Waals surface area contributed by atoms with Crippen molar-refractivity contribution in [2.75, 3.05) is 12.4 Å². The number of carbonyl (C=O) groups is 1.